The van der Waals surface area contributed by atoms with Crippen LogP contribution in [0.5, 0.6) is 0 Å². The van der Waals surface area contributed by atoms with E-state index in [9.17, 15) is 0 Å². The molecule has 0 saturated carbocycles. The summed E-state index contributed by atoms with van der Waals surface area (Å²) in [6.45, 7) is 4.32. The van der Waals surface area contributed by atoms with Crippen molar-refractivity contribution < 1.29 is 4.42 Å². The second-order valence-corrected chi connectivity index (χ2v) is 3.53. The van der Waals surface area contributed by atoms with E-state index in [1.807, 2.05) is 18.4 Å². The average Bonchev–Trinajstić information content (AvgIpc) is 2.75. The van der Waals surface area contributed by atoms with Gasteiger partial charge in [0.05, 0.1) is 11.6 Å². The van der Waals surface area contributed by atoms with Gasteiger partial charge in [0.25, 0.3) is 0 Å². The lowest BCUT2D eigenvalue weighted by Crippen LogP contribution is -2.02. The maximum Gasteiger partial charge on any atom is 0.214 e. The lowest BCUT2D eigenvalue weighted by molar-refractivity contribution is 0.454. The molecule has 2 rings (SSSR count). The van der Waals surface area contributed by atoms with Gasteiger partial charge in [-0.15, -0.1) is 21.8 Å². The van der Waals surface area contributed by atoms with E-state index in [2.05, 4.69) is 15.2 Å². The average molecular weight is 227 g/mol. The Labute approximate surface area is 92.1 Å². The van der Waals surface area contributed by atoms with Crippen LogP contribution in [0.3, 0.4) is 0 Å². The fraction of sp³-hybridized carbons (Fsp3) is 0.444. The summed E-state index contributed by atoms with van der Waals surface area (Å²) in [6.07, 6.45) is 1.62. The molecule has 0 fully saturated rings. The van der Waals surface area contributed by atoms with Crippen molar-refractivity contribution in [3.8, 4) is 0 Å². The van der Waals surface area contributed by atoms with Crippen molar-refractivity contribution in [1.82, 2.24) is 19.7 Å². The molecular weight excluding hydrogens is 216 g/mol. The summed E-state index contributed by atoms with van der Waals surface area (Å²) in [5.74, 6) is 2.53. The van der Waals surface area contributed by atoms with Gasteiger partial charge in [0.1, 0.15) is 24.5 Å². The first-order valence-corrected chi connectivity index (χ1v) is 5.09. The number of nitrogens with zero attached hydrogens (tertiary/aromatic N) is 4. The van der Waals surface area contributed by atoms with Crippen molar-refractivity contribution in [3.05, 3.63) is 29.5 Å². The van der Waals surface area contributed by atoms with Gasteiger partial charge in [-0.1, -0.05) is 0 Å². The van der Waals surface area contributed by atoms with Crippen LogP contribution in [0, 0.1) is 13.8 Å². The zero-order valence-corrected chi connectivity index (χ0v) is 9.32. The predicted octanol–water partition coefficient (Wildman–Crippen LogP) is 1.67. The van der Waals surface area contributed by atoms with Gasteiger partial charge in [0.15, 0.2) is 0 Å². The maximum atomic E-state index is 5.70. The van der Waals surface area contributed by atoms with Crippen LogP contribution in [-0.4, -0.2) is 19.7 Å². The van der Waals surface area contributed by atoms with Crippen molar-refractivity contribution in [1.29, 1.82) is 0 Å². The van der Waals surface area contributed by atoms with Crippen LogP contribution >= 0.6 is 11.6 Å². The minimum atomic E-state index is 0.332. The topological polar surface area (TPSA) is 56.7 Å². The van der Waals surface area contributed by atoms with E-state index in [-0.39, 0.29) is 0 Å². The van der Waals surface area contributed by atoms with Crippen molar-refractivity contribution >= 4 is 11.6 Å². The van der Waals surface area contributed by atoms with Crippen molar-refractivity contribution in [2.45, 2.75) is 26.3 Å². The Morgan fingerprint density at radius 2 is 2.27 bits per heavy atom. The van der Waals surface area contributed by atoms with Crippen molar-refractivity contribution in [2.24, 2.45) is 0 Å². The molecule has 2 aromatic heterocycles. The molecule has 80 valence electrons. The molecule has 0 aliphatic carbocycles. The van der Waals surface area contributed by atoms with E-state index in [1.54, 1.807) is 6.33 Å². The quantitative estimate of drug-likeness (QED) is 0.747. The fourth-order valence-corrected chi connectivity index (χ4v) is 1.47. The Kier molecular flexibility index (Phi) is 2.73. The number of aromatic nitrogens is 4. The summed E-state index contributed by atoms with van der Waals surface area (Å²) in [5, 5.41) is 7.65. The van der Waals surface area contributed by atoms with Gasteiger partial charge in [-0.3, -0.25) is 0 Å². The highest BCUT2D eigenvalue weighted by molar-refractivity contribution is 6.16. The molecule has 6 heteroatoms. The number of halogens is 1. The summed E-state index contributed by atoms with van der Waals surface area (Å²) in [5.41, 5.74) is 0.908. The molecule has 0 aliphatic rings. The van der Waals surface area contributed by atoms with Crippen LogP contribution < -0.4 is 0 Å². The van der Waals surface area contributed by atoms with Gasteiger partial charge >= 0.3 is 0 Å². The maximum absolute atomic E-state index is 5.70. The van der Waals surface area contributed by atoms with Crippen LogP contribution in [0.2, 0.25) is 0 Å². The molecule has 0 aromatic carbocycles. The standard InChI is InChI=1S/C9H11ClN4O/c1-6-7(2)15-9(12-6)4-14-5-11-13-8(14)3-10/h5H,3-4H2,1-2H3. The van der Waals surface area contributed by atoms with Gasteiger partial charge in [-0.25, -0.2) is 4.98 Å². The van der Waals surface area contributed by atoms with Crippen molar-refractivity contribution in [3.63, 3.8) is 0 Å². The molecule has 0 radical (unpaired) electrons. The molecule has 0 atom stereocenters. The van der Waals surface area contributed by atoms with E-state index in [0.717, 1.165) is 11.5 Å². The van der Waals surface area contributed by atoms with Gasteiger partial charge in [-0.05, 0) is 13.8 Å². The lowest BCUT2D eigenvalue weighted by atomic mass is 10.4. The number of oxazole rings is 1. The Hall–Kier alpha value is -1.36. The summed E-state index contributed by atoms with van der Waals surface area (Å²) in [7, 11) is 0. The predicted molar refractivity (Wildman–Crippen MR) is 54.7 cm³/mol. The Morgan fingerprint density at radius 3 is 2.87 bits per heavy atom. The second-order valence-electron chi connectivity index (χ2n) is 3.26. The Morgan fingerprint density at radius 1 is 1.47 bits per heavy atom. The molecule has 15 heavy (non-hydrogen) atoms. The third-order valence-corrected chi connectivity index (χ3v) is 2.43. The molecular formula is C9H11ClN4O. The third kappa shape index (κ3) is 2.02. The van der Waals surface area contributed by atoms with Crippen LogP contribution in [-0.2, 0) is 12.4 Å². The highest BCUT2D eigenvalue weighted by Gasteiger charge is 2.09. The third-order valence-electron chi connectivity index (χ3n) is 2.19. The normalized spacial score (nSPS) is 10.9. The summed E-state index contributed by atoms with van der Waals surface area (Å²) >= 11 is 5.70. The number of alkyl halides is 1. The molecule has 5 nitrogen and oxygen atoms in total. The van der Waals surface area contributed by atoms with E-state index in [0.29, 0.717) is 24.1 Å². The highest BCUT2D eigenvalue weighted by atomic mass is 35.5. The van der Waals surface area contributed by atoms with Crippen LogP contribution in [0.25, 0.3) is 0 Å². The van der Waals surface area contributed by atoms with Crippen LogP contribution in [0.4, 0.5) is 0 Å². The molecule has 0 saturated heterocycles. The minimum Gasteiger partial charge on any atom is -0.444 e. The van der Waals surface area contributed by atoms with Crippen LogP contribution in [0.15, 0.2) is 10.7 Å². The number of rotatable bonds is 3. The lowest BCUT2D eigenvalue weighted by Gasteiger charge is -1.99. The first-order valence-electron chi connectivity index (χ1n) is 4.56. The smallest absolute Gasteiger partial charge is 0.214 e. The van der Waals surface area contributed by atoms with Crippen molar-refractivity contribution in [2.75, 3.05) is 0 Å². The molecule has 0 bridgehead atoms. The summed E-state index contributed by atoms with van der Waals surface area (Å²) in [6, 6.07) is 0. The SMILES string of the molecule is Cc1nc(Cn2cnnc2CCl)oc1C. The van der Waals surface area contributed by atoms with Gasteiger partial charge < -0.3 is 8.98 Å². The zero-order chi connectivity index (χ0) is 10.8. The number of hydrogen-bond acceptors (Lipinski definition) is 4. The number of hydrogen-bond donors (Lipinski definition) is 0. The summed E-state index contributed by atoms with van der Waals surface area (Å²) in [4.78, 5) is 4.27. The first kappa shape index (κ1) is 10.2. The fourth-order valence-electron chi connectivity index (χ4n) is 1.27. The monoisotopic (exact) mass is 226 g/mol. The molecule has 2 heterocycles. The van der Waals surface area contributed by atoms with Gasteiger partial charge in [0.2, 0.25) is 5.89 Å². The summed E-state index contributed by atoms with van der Waals surface area (Å²) < 4.78 is 7.27. The molecule has 0 spiro atoms. The molecule has 2 aromatic rings. The highest BCUT2D eigenvalue weighted by Crippen LogP contribution is 2.10. The minimum absolute atomic E-state index is 0.332. The largest absolute Gasteiger partial charge is 0.444 e. The first-order chi connectivity index (χ1) is 7.20. The Balaban J connectivity index is 2.21. The van der Waals surface area contributed by atoms with E-state index >= 15 is 0 Å². The van der Waals surface area contributed by atoms with Gasteiger partial charge in [0, 0.05) is 0 Å². The van der Waals surface area contributed by atoms with Crippen LogP contribution in [0.1, 0.15) is 23.2 Å². The van der Waals surface area contributed by atoms with E-state index in [4.69, 9.17) is 16.0 Å². The van der Waals surface area contributed by atoms with E-state index < -0.39 is 0 Å². The molecule has 0 unspecified atom stereocenters. The van der Waals surface area contributed by atoms with Gasteiger partial charge in [-0.2, -0.15) is 0 Å². The molecule has 0 N–H and O–H groups in total. The molecule has 0 aliphatic heterocycles. The second kappa shape index (κ2) is 4.02. The zero-order valence-electron chi connectivity index (χ0n) is 8.57. The number of aryl methyl sites for hydroxylation is 2. The molecule has 0 amide bonds. The van der Waals surface area contributed by atoms with E-state index in [1.165, 1.54) is 0 Å². The Bertz CT molecular complexity index is 443.